The second-order valence-corrected chi connectivity index (χ2v) is 8.40. The van der Waals surface area contributed by atoms with Gasteiger partial charge in [-0.05, 0) is 57.0 Å². The van der Waals surface area contributed by atoms with Gasteiger partial charge in [-0.3, -0.25) is 24.3 Å². The van der Waals surface area contributed by atoms with E-state index in [1.165, 1.54) is 29.7 Å². The van der Waals surface area contributed by atoms with Crippen molar-refractivity contribution in [3.63, 3.8) is 0 Å². The number of hydrogen-bond acceptors (Lipinski definition) is 7. The molecule has 2 fully saturated rings. The average Bonchev–Trinajstić information content (AvgIpc) is 3.44. The van der Waals surface area contributed by atoms with Gasteiger partial charge in [0, 0.05) is 62.8 Å². The molecule has 0 aromatic carbocycles. The van der Waals surface area contributed by atoms with E-state index in [0.29, 0.717) is 12.3 Å². The molecule has 2 aromatic heterocycles. The summed E-state index contributed by atoms with van der Waals surface area (Å²) in [4.78, 5) is 40.9. The molecule has 35 heavy (non-hydrogen) atoms. The molecule has 1 amide bonds. The Labute approximate surface area is 206 Å². The van der Waals surface area contributed by atoms with Crippen molar-refractivity contribution >= 4 is 24.5 Å². The largest absolute Gasteiger partial charge is 0.483 e. The summed E-state index contributed by atoms with van der Waals surface area (Å²) in [6.45, 7) is 10.1. The fraction of sp³-hybridized carbons (Fsp3) is 0.520. The van der Waals surface area contributed by atoms with Gasteiger partial charge in [0.15, 0.2) is 5.76 Å². The first-order valence-electron chi connectivity index (χ1n) is 11.9. The molecule has 0 unspecified atom stereocenters. The summed E-state index contributed by atoms with van der Waals surface area (Å²) >= 11 is 0. The molecule has 2 aromatic rings. The van der Waals surface area contributed by atoms with Gasteiger partial charge in [0.25, 0.3) is 18.9 Å². The lowest BCUT2D eigenvalue weighted by molar-refractivity contribution is -0.123. The third-order valence-corrected chi connectivity index (χ3v) is 6.14. The number of carboxylic acid groups (broad SMARTS) is 2. The monoisotopic (exact) mass is 488 g/mol. The Morgan fingerprint density at radius 2 is 1.74 bits per heavy atom. The Morgan fingerprint density at radius 1 is 1.06 bits per heavy atom. The molecule has 2 saturated heterocycles. The average molecular weight is 489 g/mol. The normalized spacial score (nSPS) is 15.8. The lowest BCUT2D eigenvalue weighted by atomic mass is 10.2. The predicted octanol–water partition coefficient (Wildman–Crippen LogP) is 2.90. The summed E-state index contributed by atoms with van der Waals surface area (Å²) < 4.78 is 6.02. The Balaban J connectivity index is 0.000000655. The zero-order valence-electron chi connectivity index (χ0n) is 20.6. The number of likely N-dealkylation sites (tertiary alicyclic amines) is 1. The minimum atomic E-state index is -0.250. The van der Waals surface area contributed by atoms with Crippen LogP contribution in [0.4, 0.5) is 5.69 Å². The number of aromatic nitrogens is 1. The highest BCUT2D eigenvalue weighted by atomic mass is 16.4. The first kappa shape index (κ1) is 27.8. The molecule has 2 N–H and O–H groups in total. The number of rotatable bonds is 5. The van der Waals surface area contributed by atoms with E-state index < -0.39 is 0 Å². The number of anilines is 1. The Morgan fingerprint density at radius 3 is 2.37 bits per heavy atom. The van der Waals surface area contributed by atoms with Crippen molar-refractivity contribution in [2.24, 2.45) is 0 Å². The van der Waals surface area contributed by atoms with Crippen LogP contribution in [0.15, 0.2) is 28.9 Å². The standard InChI is InChI=1S/C23H32N4O2.2CH2O2/c1-3-21-19(17-25-9-4-5-10-25)15-22(29-21)23(28)27-12-6-11-26(13-14-27)20-7-8-24-16-18(20)2;2*2-1-3/h7-8,15-16H,3-6,9-14,17H2,1-2H3;2*1H,(H,2,3). The number of pyridine rings is 1. The van der Waals surface area contributed by atoms with Crippen LogP contribution in [-0.2, 0) is 22.6 Å². The zero-order chi connectivity index (χ0) is 25.6. The molecule has 4 rings (SSSR count). The van der Waals surface area contributed by atoms with Gasteiger partial charge in [0.2, 0.25) is 0 Å². The summed E-state index contributed by atoms with van der Waals surface area (Å²) in [5.41, 5.74) is 3.58. The Hall–Kier alpha value is -3.40. The first-order chi connectivity index (χ1) is 17.0. The zero-order valence-corrected chi connectivity index (χ0v) is 20.6. The number of furan rings is 1. The predicted molar refractivity (Wildman–Crippen MR) is 132 cm³/mol. The van der Waals surface area contributed by atoms with E-state index in [0.717, 1.165) is 57.9 Å². The SMILES string of the molecule is CCc1oc(C(=O)N2CCCN(c3ccncc3C)CC2)cc1CN1CCCC1.O=CO.O=CO. The number of amides is 1. The molecule has 0 atom stereocenters. The summed E-state index contributed by atoms with van der Waals surface area (Å²) in [5.74, 6) is 1.49. The Bertz CT molecular complexity index is 936. The molecule has 10 nitrogen and oxygen atoms in total. The number of hydrogen-bond donors (Lipinski definition) is 2. The quantitative estimate of drug-likeness (QED) is 0.611. The molecule has 0 spiro atoms. The summed E-state index contributed by atoms with van der Waals surface area (Å²) in [5, 5.41) is 13.8. The maximum absolute atomic E-state index is 13.2. The molecule has 0 saturated carbocycles. The van der Waals surface area contributed by atoms with Gasteiger partial charge >= 0.3 is 0 Å². The van der Waals surface area contributed by atoms with Crippen LogP contribution in [-0.4, -0.2) is 83.1 Å². The van der Waals surface area contributed by atoms with Crippen molar-refractivity contribution in [1.29, 1.82) is 0 Å². The van der Waals surface area contributed by atoms with E-state index in [1.807, 2.05) is 23.4 Å². The van der Waals surface area contributed by atoms with Crippen LogP contribution >= 0.6 is 0 Å². The number of aryl methyl sites for hydroxylation is 2. The molecule has 2 aliphatic heterocycles. The topological polar surface area (TPSA) is 127 Å². The van der Waals surface area contributed by atoms with Crippen LogP contribution in [0.3, 0.4) is 0 Å². The minimum Gasteiger partial charge on any atom is -0.483 e. The van der Waals surface area contributed by atoms with Crippen LogP contribution in [0.1, 0.15) is 53.6 Å². The molecular weight excluding hydrogens is 452 g/mol. The van der Waals surface area contributed by atoms with E-state index in [-0.39, 0.29) is 18.9 Å². The van der Waals surface area contributed by atoms with Crippen molar-refractivity contribution in [3.8, 4) is 0 Å². The van der Waals surface area contributed by atoms with Crippen molar-refractivity contribution in [3.05, 3.63) is 47.2 Å². The summed E-state index contributed by atoms with van der Waals surface area (Å²) in [6.07, 6.45) is 8.06. The second-order valence-electron chi connectivity index (χ2n) is 8.40. The number of carbonyl (C=O) groups is 3. The van der Waals surface area contributed by atoms with Crippen molar-refractivity contribution < 1.29 is 29.0 Å². The van der Waals surface area contributed by atoms with Crippen LogP contribution < -0.4 is 4.90 Å². The van der Waals surface area contributed by atoms with E-state index >= 15 is 0 Å². The van der Waals surface area contributed by atoms with E-state index in [1.54, 1.807) is 0 Å². The van der Waals surface area contributed by atoms with Gasteiger partial charge < -0.3 is 24.4 Å². The van der Waals surface area contributed by atoms with E-state index in [2.05, 4.69) is 34.7 Å². The second kappa shape index (κ2) is 14.8. The Kier molecular flexibility index (Phi) is 11.8. The first-order valence-corrected chi connectivity index (χ1v) is 11.9. The molecule has 10 heteroatoms. The highest BCUT2D eigenvalue weighted by Crippen LogP contribution is 2.24. The van der Waals surface area contributed by atoms with Crippen LogP contribution in [0, 0.1) is 6.92 Å². The lowest BCUT2D eigenvalue weighted by Gasteiger charge is -2.24. The molecule has 0 radical (unpaired) electrons. The van der Waals surface area contributed by atoms with E-state index in [4.69, 9.17) is 24.2 Å². The third kappa shape index (κ3) is 8.10. The van der Waals surface area contributed by atoms with Crippen LogP contribution in [0.5, 0.6) is 0 Å². The molecular formula is C25H36N4O6. The van der Waals surface area contributed by atoms with Crippen molar-refractivity contribution in [1.82, 2.24) is 14.8 Å². The van der Waals surface area contributed by atoms with Gasteiger partial charge in [0.1, 0.15) is 5.76 Å². The van der Waals surface area contributed by atoms with Crippen molar-refractivity contribution in [2.75, 3.05) is 44.2 Å². The number of nitrogens with zero attached hydrogens (tertiary/aromatic N) is 4. The fourth-order valence-corrected chi connectivity index (χ4v) is 4.52. The maximum atomic E-state index is 13.2. The van der Waals surface area contributed by atoms with Gasteiger partial charge in [-0.1, -0.05) is 6.92 Å². The fourth-order valence-electron chi connectivity index (χ4n) is 4.52. The molecule has 192 valence electrons. The molecule has 0 aliphatic carbocycles. The van der Waals surface area contributed by atoms with E-state index in [9.17, 15) is 4.79 Å². The highest BCUT2D eigenvalue weighted by molar-refractivity contribution is 5.92. The van der Waals surface area contributed by atoms with Gasteiger partial charge in [-0.15, -0.1) is 0 Å². The lowest BCUT2D eigenvalue weighted by Crippen LogP contribution is -2.35. The third-order valence-electron chi connectivity index (χ3n) is 6.14. The maximum Gasteiger partial charge on any atom is 0.290 e. The molecule has 0 bridgehead atoms. The minimum absolute atomic E-state index is 0.0284. The van der Waals surface area contributed by atoms with Crippen LogP contribution in [0.2, 0.25) is 0 Å². The van der Waals surface area contributed by atoms with Gasteiger partial charge in [-0.25, -0.2) is 0 Å². The number of carbonyl (C=O) groups excluding carboxylic acids is 1. The molecule has 2 aliphatic rings. The summed E-state index contributed by atoms with van der Waals surface area (Å²) in [6, 6.07) is 4.06. The summed E-state index contributed by atoms with van der Waals surface area (Å²) in [7, 11) is 0. The molecule has 4 heterocycles. The van der Waals surface area contributed by atoms with Crippen LogP contribution in [0.25, 0.3) is 0 Å². The van der Waals surface area contributed by atoms with Gasteiger partial charge in [-0.2, -0.15) is 0 Å². The highest BCUT2D eigenvalue weighted by Gasteiger charge is 2.25. The van der Waals surface area contributed by atoms with Crippen molar-refractivity contribution in [2.45, 2.75) is 46.1 Å². The smallest absolute Gasteiger partial charge is 0.290 e. The van der Waals surface area contributed by atoms with Gasteiger partial charge in [0.05, 0.1) is 0 Å².